The van der Waals surface area contributed by atoms with Crippen molar-refractivity contribution < 1.29 is 4.74 Å². The number of hydrogen-bond acceptors (Lipinski definition) is 2. The van der Waals surface area contributed by atoms with Gasteiger partial charge < -0.3 is 15.4 Å². The monoisotopic (exact) mass is 367 g/mol. The van der Waals surface area contributed by atoms with Crippen molar-refractivity contribution in [3.05, 3.63) is 0 Å². The van der Waals surface area contributed by atoms with E-state index in [4.69, 9.17) is 10.5 Å². The summed E-state index contributed by atoms with van der Waals surface area (Å²) in [6.07, 6.45) is 5.23. The highest BCUT2D eigenvalue weighted by atomic mass is 127. The van der Waals surface area contributed by atoms with E-state index >= 15 is 0 Å². The number of halogens is 1. The molecule has 1 aliphatic carbocycles. The lowest BCUT2D eigenvalue weighted by atomic mass is 10.0. The molecule has 18 heavy (non-hydrogen) atoms. The van der Waals surface area contributed by atoms with E-state index in [1.807, 2.05) is 0 Å². The fourth-order valence-corrected chi connectivity index (χ4v) is 2.26. The lowest BCUT2D eigenvalue weighted by molar-refractivity contribution is 0.131. The van der Waals surface area contributed by atoms with Crippen LogP contribution < -0.4 is 5.73 Å². The van der Waals surface area contributed by atoms with Crippen LogP contribution in [0.3, 0.4) is 0 Å². The summed E-state index contributed by atoms with van der Waals surface area (Å²) in [7, 11) is 0. The Kier molecular flexibility index (Phi) is 7.29. The Morgan fingerprint density at radius 2 is 2.17 bits per heavy atom. The van der Waals surface area contributed by atoms with Crippen LogP contribution in [-0.4, -0.2) is 43.7 Å². The minimum absolute atomic E-state index is 0. The summed E-state index contributed by atoms with van der Waals surface area (Å²) in [5, 5.41) is 0. The summed E-state index contributed by atoms with van der Waals surface area (Å²) >= 11 is 0. The van der Waals surface area contributed by atoms with Gasteiger partial charge in [0.05, 0.1) is 13.2 Å². The standard InChI is InChI=1S/C13H25N3O.HI/c1-11-3-2-7-16(9-11)13(14)15-6-8-17-10-12-4-5-12;/h11-12H,2-10H2,1H3,(H2,14,15);1H. The minimum Gasteiger partial charge on any atom is -0.379 e. The van der Waals surface area contributed by atoms with Crippen LogP contribution in [0.2, 0.25) is 0 Å². The van der Waals surface area contributed by atoms with Gasteiger partial charge in [-0.1, -0.05) is 6.92 Å². The van der Waals surface area contributed by atoms with Gasteiger partial charge >= 0.3 is 0 Å². The van der Waals surface area contributed by atoms with Crippen molar-refractivity contribution in [3.8, 4) is 0 Å². The number of nitrogens with two attached hydrogens (primary N) is 1. The summed E-state index contributed by atoms with van der Waals surface area (Å²) in [5.41, 5.74) is 5.99. The minimum atomic E-state index is 0. The van der Waals surface area contributed by atoms with Gasteiger partial charge in [-0.15, -0.1) is 24.0 Å². The summed E-state index contributed by atoms with van der Waals surface area (Å²) in [6.45, 7) is 6.71. The third-order valence-electron chi connectivity index (χ3n) is 3.54. The highest BCUT2D eigenvalue weighted by Crippen LogP contribution is 2.28. The maximum atomic E-state index is 5.99. The molecule has 0 radical (unpaired) electrons. The van der Waals surface area contributed by atoms with Gasteiger partial charge in [0.25, 0.3) is 0 Å². The van der Waals surface area contributed by atoms with Crippen LogP contribution in [0.1, 0.15) is 32.6 Å². The van der Waals surface area contributed by atoms with Crippen molar-refractivity contribution >= 4 is 29.9 Å². The molecule has 0 spiro atoms. The van der Waals surface area contributed by atoms with E-state index in [1.54, 1.807) is 0 Å². The number of nitrogens with zero attached hydrogens (tertiary/aromatic N) is 2. The van der Waals surface area contributed by atoms with Gasteiger partial charge in [0.15, 0.2) is 5.96 Å². The summed E-state index contributed by atoms with van der Waals surface area (Å²) < 4.78 is 5.54. The Balaban J connectivity index is 0.00000162. The van der Waals surface area contributed by atoms with Crippen LogP contribution in [0.5, 0.6) is 0 Å². The molecule has 106 valence electrons. The van der Waals surface area contributed by atoms with Crippen molar-refractivity contribution in [2.45, 2.75) is 32.6 Å². The Bertz CT molecular complexity index is 269. The fraction of sp³-hybridized carbons (Fsp3) is 0.923. The third kappa shape index (κ3) is 5.73. The van der Waals surface area contributed by atoms with E-state index in [-0.39, 0.29) is 24.0 Å². The lowest BCUT2D eigenvalue weighted by Gasteiger charge is -2.31. The van der Waals surface area contributed by atoms with Gasteiger partial charge in [0, 0.05) is 19.7 Å². The molecule has 0 aromatic rings. The molecular formula is C13H26IN3O. The Hall–Kier alpha value is -0.0400. The number of guanidine groups is 1. The molecule has 2 N–H and O–H groups in total. The van der Waals surface area contributed by atoms with Crippen LogP contribution in [0, 0.1) is 11.8 Å². The second kappa shape index (κ2) is 8.19. The van der Waals surface area contributed by atoms with E-state index in [2.05, 4.69) is 16.8 Å². The second-order valence-corrected chi connectivity index (χ2v) is 5.45. The molecule has 1 saturated heterocycles. The van der Waals surface area contributed by atoms with Crippen molar-refractivity contribution in [2.75, 3.05) is 32.8 Å². The highest BCUT2D eigenvalue weighted by Gasteiger charge is 2.21. The molecule has 0 amide bonds. The van der Waals surface area contributed by atoms with Crippen LogP contribution >= 0.6 is 24.0 Å². The second-order valence-electron chi connectivity index (χ2n) is 5.45. The van der Waals surface area contributed by atoms with Crippen molar-refractivity contribution in [1.82, 2.24) is 4.90 Å². The molecule has 1 aliphatic heterocycles. The normalized spacial score (nSPS) is 24.8. The lowest BCUT2D eigenvalue weighted by Crippen LogP contribution is -2.43. The van der Waals surface area contributed by atoms with Gasteiger partial charge in [-0.25, -0.2) is 0 Å². The maximum Gasteiger partial charge on any atom is 0.191 e. The fourth-order valence-electron chi connectivity index (χ4n) is 2.26. The molecule has 2 fully saturated rings. The van der Waals surface area contributed by atoms with Crippen molar-refractivity contribution in [2.24, 2.45) is 22.6 Å². The van der Waals surface area contributed by atoms with Crippen molar-refractivity contribution in [1.29, 1.82) is 0 Å². The van der Waals surface area contributed by atoms with Gasteiger partial charge in [0.2, 0.25) is 0 Å². The van der Waals surface area contributed by atoms with Crippen LogP contribution in [0.15, 0.2) is 4.99 Å². The predicted octanol–water partition coefficient (Wildman–Crippen LogP) is 2.08. The molecule has 0 aromatic heterocycles. The van der Waals surface area contributed by atoms with Gasteiger partial charge in [-0.3, -0.25) is 4.99 Å². The zero-order valence-corrected chi connectivity index (χ0v) is 13.6. The quantitative estimate of drug-likeness (QED) is 0.350. The first-order chi connectivity index (χ1) is 8.25. The summed E-state index contributed by atoms with van der Waals surface area (Å²) in [5.74, 6) is 2.27. The molecule has 4 nitrogen and oxygen atoms in total. The van der Waals surface area contributed by atoms with E-state index in [0.717, 1.165) is 31.5 Å². The SMILES string of the molecule is CC1CCCN(C(N)=NCCOCC2CC2)C1.I. The van der Waals surface area contributed by atoms with Gasteiger partial charge in [0.1, 0.15) is 0 Å². The molecule has 1 saturated carbocycles. The predicted molar refractivity (Wildman–Crippen MR) is 85.4 cm³/mol. The van der Waals surface area contributed by atoms with Gasteiger partial charge in [-0.05, 0) is 37.5 Å². The third-order valence-corrected chi connectivity index (χ3v) is 3.54. The van der Waals surface area contributed by atoms with Gasteiger partial charge in [-0.2, -0.15) is 0 Å². The number of piperidine rings is 1. The first-order valence-corrected chi connectivity index (χ1v) is 6.88. The smallest absolute Gasteiger partial charge is 0.191 e. The first-order valence-electron chi connectivity index (χ1n) is 6.88. The largest absolute Gasteiger partial charge is 0.379 e. The molecule has 5 heteroatoms. The molecule has 2 aliphatic rings. The summed E-state index contributed by atoms with van der Waals surface area (Å²) in [6, 6.07) is 0. The molecule has 1 atom stereocenters. The molecule has 1 heterocycles. The van der Waals surface area contributed by atoms with Crippen LogP contribution in [0.25, 0.3) is 0 Å². The number of hydrogen-bond donors (Lipinski definition) is 1. The zero-order chi connectivity index (χ0) is 12.1. The maximum absolute atomic E-state index is 5.99. The van der Waals surface area contributed by atoms with Crippen LogP contribution in [0.4, 0.5) is 0 Å². The average Bonchev–Trinajstić information content (AvgIpc) is 3.12. The van der Waals surface area contributed by atoms with E-state index < -0.39 is 0 Å². The first kappa shape index (κ1) is 16.0. The number of aliphatic imine (C=N–C) groups is 1. The molecule has 0 aromatic carbocycles. The zero-order valence-electron chi connectivity index (χ0n) is 11.3. The number of rotatable bonds is 5. The van der Waals surface area contributed by atoms with E-state index in [0.29, 0.717) is 19.1 Å². The number of ether oxygens (including phenoxy) is 1. The molecule has 0 bridgehead atoms. The summed E-state index contributed by atoms with van der Waals surface area (Å²) in [4.78, 5) is 6.60. The number of likely N-dealkylation sites (tertiary alicyclic amines) is 1. The Morgan fingerprint density at radius 1 is 1.39 bits per heavy atom. The Morgan fingerprint density at radius 3 is 2.83 bits per heavy atom. The van der Waals surface area contributed by atoms with Crippen molar-refractivity contribution in [3.63, 3.8) is 0 Å². The topological polar surface area (TPSA) is 50.8 Å². The van der Waals surface area contributed by atoms with E-state index in [9.17, 15) is 0 Å². The molecule has 1 unspecified atom stereocenters. The molecular weight excluding hydrogens is 341 g/mol. The van der Waals surface area contributed by atoms with E-state index in [1.165, 1.54) is 25.7 Å². The highest BCUT2D eigenvalue weighted by molar-refractivity contribution is 14.0. The Labute approximate surface area is 127 Å². The van der Waals surface area contributed by atoms with Crippen LogP contribution in [-0.2, 0) is 4.74 Å². The average molecular weight is 367 g/mol. The molecule has 2 rings (SSSR count).